The van der Waals surface area contributed by atoms with E-state index in [1.807, 2.05) is 34.8 Å². The summed E-state index contributed by atoms with van der Waals surface area (Å²) in [6.45, 7) is 2.05. The van der Waals surface area contributed by atoms with Crippen molar-refractivity contribution < 1.29 is 0 Å². The standard InChI is InChI=1S/C19H22Cl2N6.HI/c1-22-19(25-11-16-9-17(20)18(21)26(16)2)24-10-14-4-3-5-15(8-14)12-27-7-6-23-13-27;/h3-9,13H,10-12H2,1-2H3,(H2,22,24,25);1H. The van der Waals surface area contributed by atoms with E-state index in [1.165, 1.54) is 11.1 Å². The van der Waals surface area contributed by atoms with Crippen molar-refractivity contribution in [3.05, 3.63) is 76.0 Å². The fraction of sp³-hybridized carbons (Fsp3) is 0.263. The lowest BCUT2D eigenvalue weighted by molar-refractivity contribution is 0.749. The number of rotatable bonds is 6. The Bertz CT molecular complexity index is 921. The van der Waals surface area contributed by atoms with Gasteiger partial charge in [0.2, 0.25) is 0 Å². The lowest BCUT2D eigenvalue weighted by Crippen LogP contribution is -2.36. The molecule has 0 saturated carbocycles. The van der Waals surface area contributed by atoms with E-state index in [9.17, 15) is 0 Å². The van der Waals surface area contributed by atoms with Gasteiger partial charge in [0.25, 0.3) is 0 Å². The summed E-state index contributed by atoms with van der Waals surface area (Å²) in [7, 11) is 3.63. The molecule has 9 heteroatoms. The second kappa shape index (κ2) is 10.7. The monoisotopic (exact) mass is 532 g/mol. The molecule has 0 atom stereocenters. The molecular formula is C19H23Cl2IN6. The number of aliphatic imine (C=N–C) groups is 1. The first kappa shape index (κ1) is 22.6. The van der Waals surface area contributed by atoms with Gasteiger partial charge in [0, 0.05) is 45.3 Å². The molecule has 0 saturated heterocycles. The number of nitrogens with zero attached hydrogens (tertiary/aromatic N) is 4. The van der Waals surface area contributed by atoms with E-state index in [0.29, 0.717) is 29.2 Å². The van der Waals surface area contributed by atoms with Gasteiger partial charge >= 0.3 is 0 Å². The van der Waals surface area contributed by atoms with Crippen molar-refractivity contribution in [2.45, 2.75) is 19.6 Å². The molecule has 0 amide bonds. The van der Waals surface area contributed by atoms with Gasteiger partial charge in [-0.15, -0.1) is 24.0 Å². The normalized spacial score (nSPS) is 11.2. The van der Waals surface area contributed by atoms with Gasteiger partial charge in [-0.05, 0) is 17.2 Å². The zero-order valence-corrected chi connectivity index (χ0v) is 19.5. The van der Waals surface area contributed by atoms with E-state index >= 15 is 0 Å². The fourth-order valence-corrected chi connectivity index (χ4v) is 3.18. The summed E-state index contributed by atoms with van der Waals surface area (Å²) in [6, 6.07) is 10.3. The van der Waals surface area contributed by atoms with E-state index in [4.69, 9.17) is 23.2 Å². The highest BCUT2D eigenvalue weighted by molar-refractivity contribution is 14.0. The maximum atomic E-state index is 6.11. The predicted molar refractivity (Wildman–Crippen MR) is 126 cm³/mol. The summed E-state index contributed by atoms with van der Waals surface area (Å²) in [6.07, 6.45) is 5.56. The van der Waals surface area contributed by atoms with Gasteiger partial charge in [0.05, 0.1) is 17.9 Å². The van der Waals surface area contributed by atoms with Crippen molar-refractivity contribution in [2.24, 2.45) is 12.0 Å². The molecule has 0 bridgehead atoms. The molecule has 0 fully saturated rings. The lowest BCUT2D eigenvalue weighted by Gasteiger charge is -2.13. The van der Waals surface area contributed by atoms with Crippen molar-refractivity contribution in [3.63, 3.8) is 0 Å². The van der Waals surface area contributed by atoms with Crippen molar-refractivity contribution in [2.75, 3.05) is 7.05 Å². The SMILES string of the molecule is CN=C(NCc1cccc(Cn2ccnc2)c1)NCc1cc(Cl)c(Cl)n1C.I. The molecule has 6 nitrogen and oxygen atoms in total. The molecule has 2 heterocycles. The minimum absolute atomic E-state index is 0. The molecular weight excluding hydrogens is 510 g/mol. The Kier molecular flexibility index (Phi) is 8.65. The fourth-order valence-electron chi connectivity index (χ4n) is 2.77. The first-order valence-electron chi connectivity index (χ1n) is 8.54. The highest BCUT2D eigenvalue weighted by Crippen LogP contribution is 2.24. The van der Waals surface area contributed by atoms with Crippen LogP contribution in [0.2, 0.25) is 10.2 Å². The predicted octanol–water partition coefficient (Wildman–Crippen LogP) is 4.06. The van der Waals surface area contributed by atoms with Gasteiger partial charge in [0.1, 0.15) is 5.15 Å². The van der Waals surface area contributed by atoms with E-state index in [-0.39, 0.29) is 24.0 Å². The highest BCUT2D eigenvalue weighted by Gasteiger charge is 2.09. The molecule has 0 radical (unpaired) electrons. The Morgan fingerprint density at radius 3 is 2.54 bits per heavy atom. The summed E-state index contributed by atoms with van der Waals surface area (Å²) < 4.78 is 3.90. The smallest absolute Gasteiger partial charge is 0.191 e. The Labute approximate surface area is 192 Å². The average Bonchev–Trinajstić information content (AvgIpc) is 3.26. The van der Waals surface area contributed by atoms with Gasteiger partial charge in [-0.25, -0.2) is 4.98 Å². The van der Waals surface area contributed by atoms with Crippen LogP contribution >= 0.6 is 47.2 Å². The third-order valence-electron chi connectivity index (χ3n) is 4.25. The van der Waals surface area contributed by atoms with Gasteiger partial charge in [-0.3, -0.25) is 4.99 Å². The van der Waals surface area contributed by atoms with Crippen LogP contribution in [0.15, 0.2) is 54.0 Å². The second-order valence-electron chi connectivity index (χ2n) is 6.17. The van der Waals surface area contributed by atoms with Crippen LogP contribution < -0.4 is 10.6 Å². The molecule has 0 aliphatic heterocycles. The van der Waals surface area contributed by atoms with Crippen LogP contribution in [-0.2, 0) is 26.7 Å². The summed E-state index contributed by atoms with van der Waals surface area (Å²) in [5.74, 6) is 0.712. The number of benzene rings is 1. The van der Waals surface area contributed by atoms with Crippen LogP contribution in [0.25, 0.3) is 0 Å². The van der Waals surface area contributed by atoms with Crippen molar-refractivity contribution in [1.29, 1.82) is 0 Å². The van der Waals surface area contributed by atoms with Crippen molar-refractivity contribution >= 4 is 53.1 Å². The van der Waals surface area contributed by atoms with Crippen LogP contribution in [0.5, 0.6) is 0 Å². The highest BCUT2D eigenvalue weighted by atomic mass is 127. The molecule has 0 unspecified atom stereocenters. The molecule has 3 rings (SSSR count). The van der Waals surface area contributed by atoms with Crippen molar-refractivity contribution in [3.8, 4) is 0 Å². The molecule has 0 spiro atoms. The lowest BCUT2D eigenvalue weighted by atomic mass is 10.1. The largest absolute Gasteiger partial charge is 0.352 e. The molecule has 1 aromatic carbocycles. The Hall–Kier alpha value is -1.71. The van der Waals surface area contributed by atoms with E-state index in [0.717, 1.165) is 12.2 Å². The topological polar surface area (TPSA) is 59.2 Å². The molecule has 28 heavy (non-hydrogen) atoms. The first-order chi connectivity index (χ1) is 13.1. The summed E-state index contributed by atoms with van der Waals surface area (Å²) in [4.78, 5) is 8.35. The van der Waals surface area contributed by atoms with E-state index in [2.05, 4.69) is 44.9 Å². The third kappa shape index (κ3) is 5.89. The Morgan fingerprint density at radius 1 is 1.14 bits per heavy atom. The number of nitrogens with one attached hydrogen (secondary N) is 2. The number of guanidine groups is 1. The minimum Gasteiger partial charge on any atom is -0.352 e. The third-order valence-corrected chi connectivity index (χ3v) is 5.09. The number of imidazole rings is 1. The van der Waals surface area contributed by atoms with Crippen molar-refractivity contribution in [1.82, 2.24) is 24.8 Å². The maximum Gasteiger partial charge on any atom is 0.191 e. The second-order valence-corrected chi connectivity index (χ2v) is 6.93. The van der Waals surface area contributed by atoms with E-state index in [1.54, 1.807) is 13.2 Å². The summed E-state index contributed by atoms with van der Waals surface area (Å²) >= 11 is 12.2. The molecule has 3 aromatic rings. The van der Waals surface area contributed by atoms with Crippen LogP contribution in [0, 0.1) is 0 Å². The van der Waals surface area contributed by atoms with E-state index < -0.39 is 0 Å². The first-order valence-corrected chi connectivity index (χ1v) is 9.30. The molecule has 2 aromatic heterocycles. The molecule has 150 valence electrons. The molecule has 2 N–H and O–H groups in total. The Balaban J connectivity index is 0.00000280. The van der Waals surface area contributed by atoms with Gasteiger partial charge in [0.15, 0.2) is 5.96 Å². The van der Waals surface area contributed by atoms with Crippen LogP contribution in [0.4, 0.5) is 0 Å². The summed E-state index contributed by atoms with van der Waals surface area (Å²) in [5, 5.41) is 7.69. The number of aromatic nitrogens is 3. The zero-order valence-electron chi connectivity index (χ0n) is 15.7. The van der Waals surface area contributed by atoms with Gasteiger partial charge < -0.3 is 19.8 Å². The molecule has 0 aliphatic rings. The number of halogens is 3. The number of hydrogen-bond acceptors (Lipinski definition) is 2. The van der Waals surface area contributed by atoms with Crippen LogP contribution in [0.3, 0.4) is 0 Å². The molecule has 0 aliphatic carbocycles. The van der Waals surface area contributed by atoms with Crippen LogP contribution in [-0.4, -0.2) is 27.1 Å². The average molecular weight is 533 g/mol. The minimum atomic E-state index is 0. The van der Waals surface area contributed by atoms with Gasteiger partial charge in [-0.1, -0.05) is 47.5 Å². The summed E-state index contributed by atoms with van der Waals surface area (Å²) in [5.41, 5.74) is 3.39. The number of hydrogen-bond donors (Lipinski definition) is 2. The van der Waals surface area contributed by atoms with Gasteiger partial charge in [-0.2, -0.15) is 0 Å². The quantitative estimate of drug-likeness (QED) is 0.286. The Morgan fingerprint density at radius 2 is 1.89 bits per heavy atom. The van der Waals surface area contributed by atoms with Crippen LogP contribution in [0.1, 0.15) is 16.8 Å². The zero-order chi connectivity index (χ0) is 19.2. The maximum absolute atomic E-state index is 6.11.